The lowest BCUT2D eigenvalue weighted by molar-refractivity contribution is 0.321. The van der Waals surface area contributed by atoms with Crippen molar-refractivity contribution in [2.75, 3.05) is 27.3 Å². The zero-order chi connectivity index (χ0) is 12.7. The highest BCUT2D eigenvalue weighted by Gasteiger charge is 2.00. The molecule has 1 N–H and O–H groups in total. The van der Waals surface area contributed by atoms with Gasteiger partial charge in [-0.05, 0) is 38.2 Å². The first-order valence-corrected chi connectivity index (χ1v) is 7.08. The number of thioether (sulfide) groups is 1. The van der Waals surface area contributed by atoms with Crippen LogP contribution < -0.4 is 5.32 Å². The second-order valence-corrected chi connectivity index (χ2v) is 6.30. The lowest BCUT2D eigenvalue weighted by atomic mass is 10.1. The molecule has 0 unspecified atom stereocenters. The first-order valence-electron chi connectivity index (χ1n) is 6.20. The largest absolute Gasteiger partial charge is 0.307 e. The molecule has 96 valence electrons. The molecular formula is C14H24N2S. The quantitative estimate of drug-likeness (QED) is 0.593. The van der Waals surface area contributed by atoms with Gasteiger partial charge in [-0.25, -0.2) is 0 Å². The van der Waals surface area contributed by atoms with Crippen molar-refractivity contribution in [2.24, 2.45) is 0 Å². The average molecular weight is 252 g/mol. The van der Waals surface area contributed by atoms with Crippen LogP contribution in [0.1, 0.15) is 19.4 Å². The van der Waals surface area contributed by atoms with Crippen LogP contribution in [0.15, 0.2) is 29.2 Å². The first-order chi connectivity index (χ1) is 8.11. The van der Waals surface area contributed by atoms with E-state index < -0.39 is 0 Å². The van der Waals surface area contributed by atoms with Gasteiger partial charge in [0.05, 0.1) is 0 Å². The minimum atomic E-state index is 0.655. The van der Waals surface area contributed by atoms with E-state index in [0.717, 1.165) is 19.6 Å². The molecule has 0 heterocycles. The van der Waals surface area contributed by atoms with Gasteiger partial charge in [0.1, 0.15) is 0 Å². The molecule has 0 saturated carbocycles. The Morgan fingerprint density at radius 1 is 1.24 bits per heavy atom. The molecule has 1 rings (SSSR count). The van der Waals surface area contributed by atoms with Crippen LogP contribution in [0.2, 0.25) is 0 Å². The predicted molar refractivity (Wildman–Crippen MR) is 77.7 cm³/mol. The van der Waals surface area contributed by atoms with Crippen LogP contribution in [-0.4, -0.2) is 37.5 Å². The van der Waals surface area contributed by atoms with Crippen LogP contribution in [0.5, 0.6) is 0 Å². The van der Waals surface area contributed by atoms with Gasteiger partial charge >= 0.3 is 0 Å². The molecule has 0 atom stereocenters. The summed E-state index contributed by atoms with van der Waals surface area (Å²) in [6, 6.07) is 8.96. The standard InChI is InChI=1S/C14H24N2S/c1-12(2)17-14-7-5-13(6-8-14)9-10-16(4)11-15-3/h5-8,12,15H,9-11H2,1-4H3. The zero-order valence-corrected chi connectivity index (χ0v) is 12.2. The van der Waals surface area contributed by atoms with Crippen molar-refractivity contribution in [3.8, 4) is 0 Å². The van der Waals surface area contributed by atoms with Gasteiger partial charge in [-0.15, -0.1) is 11.8 Å². The molecule has 17 heavy (non-hydrogen) atoms. The maximum Gasteiger partial charge on any atom is 0.0475 e. The monoisotopic (exact) mass is 252 g/mol. The second kappa shape index (κ2) is 7.75. The summed E-state index contributed by atoms with van der Waals surface area (Å²) in [6.45, 7) is 6.50. The smallest absolute Gasteiger partial charge is 0.0475 e. The van der Waals surface area contributed by atoms with E-state index in [1.807, 2.05) is 18.8 Å². The topological polar surface area (TPSA) is 15.3 Å². The van der Waals surface area contributed by atoms with Crippen LogP contribution in [0.25, 0.3) is 0 Å². The minimum Gasteiger partial charge on any atom is -0.307 e. The molecule has 0 aliphatic heterocycles. The van der Waals surface area contributed by atoms with Gasteiger partial charge < -0.3 is 5.32 Å². The van der Waals surface area contributed by atoms with Crippen LogP contribution in [0.3, 0.4) is 0 Å². The van der Waals surface area contributed by atoms with E-state index in [4.69, 9.17) is 0 Å². The Morgan fingerprint density at radius 2 is 1.88 bits per heavy atom. The summed E-state index contributed by atoms with van der Waals surface area (Å²) < 4.78 is 0. The van der Waals surface area contributed by atoms with Crippen molar-refractivity contribution in [3.63, 3.8) is 0 Å². The molecule has 3 heteroatoms. The van der Waals surface area contributed by atoms with Crippen LogP contribution in [-0.2, 0) is 6.42 Å². The third kappa shape index (κ3) is 6.10. The highest BCUT2D eigenvalue weighted by atomic mass is 32.2. The molecule has 0 amide bonds. The van der Waals surface area contributed by atoms with Gasteiger partial charge in [0, 0.05) is 23.4 Å². The molecule has 2 nitrogen and oxygen atoms in total. The Hall–Kier alpha value is -0.510. The summed E-state index contributed by atoms with van der Waals surface area (Å²) in [5.41, 5.74) is 1.42. The summed E-state index contributed by atoms with van der Waals surface area (Å²) in [5, 5.41) is 3.81. The summed E-state index contributed by atoms with van der Waals surface area (Å²) in [4.78, 5) is 3.66. The van der Waals surface area contributed by atoms with Crippen molar-refractivity contribution >= 4 is 11.8 Å². The number of hydrogen-bond acceptors (Lipinski definition) is 3. The zero-order valence-electron chi connectivity index (χ0n) is 11.4. The second-order valence-electron chi connectivity index (χ2n) is 4.65. The minimum absolute atomic E-state index is 0.655. The Balaban J connectivity index is 2.40. The Bertz CT molecular complexity index is 309. The van der Waals surface area contributed by atoms with Gasteiger partial charge in [0.2, 0.25) is 0 Å². The molecule has 1 aromatic rings. The maximum absolute atomic E-state index is 3.16. The highest BCUT2D eigenvalue weighted by molar-refractivity contribution is 7.99. The third-order valence-corrected chi connectivity index (χ3v) is 3.52. The van der Waals surface area contributed by atoms with Gasteiger partial charge in [0.15, 0.2) is 0 Å². The van der Waals surface area contributed by atoms with Crippen LogP contribution >= 0.6 is 11.8 Å². The molecule has 0 radical (unpaired) electrons. The maximum atomic E-state index is 3.16. The van der Waals surface area contributed by atoms with Crippen molar-refractivity contribution in [1.82, 2.24) is 10.2 Å². The van der Waals surface area contributed by atoms with E-state index in [2.05, 4.69) is 55.4 Å². The fourth-order valence-corrected chi connectivity index (χ4v) is 2.51. The summed E-state index contributed by atoms with van der Waals surface area (Å²) in [6.07, 6.45) is 1.12. The van der Waals surface area contributed by atoms with E-state index in [9.17, 15) is 0 Å². The summed E-state index contributed by atoms with van der Waals surface area (Å²) >= 11 is 1.92. The SMILES string of the molecule is CNCN(C)CCc1ccc(SC(C)C)cc1. The third-order valence-electron chi connectivity index (χ3n) is 2.51. The van der Waals surface area contributed by atoms with Crippen molar-refractivity contribution < 1.29 is 0 Å². The molecule has 0 aliphatic rings. The van der Waals surface area contributed by atoms with Gasteiger partial charge in [0.25, 0.3) is 0 Å². The van der Waals surface area contributed by atoms with Crippen molar-refractivity contribution in [3.05, 3.63) is 29.8 Å². The van der Waals surface area contributed by atoms with Crippen molar-refractivity contribution in [1.29, 1.82) is 0 Å². The number of rotatable bonds is 7. The molecule has 0 aromatic heterocycles. The molecule has 0 saturated heterocycles. The molecule has 0 bridgehead atoms. The Labute approximate surface area is 110 Å². The Morgan fingerprint density at radius 3 is 2.41 bits per heavy atom. The van der Waals surface area contributed by atoms with Crippen molar-refractivity contribution in [2.45, 2.75) is 30.4 Å². The number of benzene rings is 1. The number of likely N-dealkylation sites (N-methyl/N-ethyl adjacent to an activating group) is 1. The molecule has 0 spiro atoms. The van der Waals surface area contributed by atoms with Gasteiger partial charge in [-0.2, -0.15) is 0 Å². The lowest BCUT2D eigenvalue weighted by Gasteiger charge is -2.15. The van der Waals surface area contributed by atoms with E-state index in [-0.39, 0.29) is 0 Å². The van der Waals surface area contributed by atoms with E-state index in [0.29, 0.717) is 5.25 Å². The number of hydrogen-bond donors (Lipinski definition) is 1. The fourth-order valence-electron chi connectivity index (χ4n) is 1.68. The lowest BCUT2D eigenvalue weighted by Crippen LogP contribution is -2.30. The normalized spacial score (nSPS) is 11.4. The number of nitrogens with zero attached hydrogens (tertiary/aromatic N) is 1. The Kier molecular flexibility index (Phi) is 6.63. The predicted octanol–water partition coefficient (Wildman–Crippen LogP) is 2.84. The molecule has 1 aromatic carbocycles. The van der Waals surface area contributed by atoms with Gasteiger partial charge in [-0.3, -0.25) is 4.90 Å². The first kappa shape index (κ1) is 14.6. The molecule has 0 fully saturated rings. The molecule has 0 aliphatic carbocycles. The average Bonchev–Trinajstić information content (AvgIpc) is 2.28. The van der Waals surface area contributed by atoms with E-state index in [1.165, 1.54) is 10.5 Å². The fraction of sp³-hybridized carbons (Fsp3) is 0.571. The number of nitrogens with one attached hydrogen (secondary N) is 1. The summed E-state index contributed by atoms with van der Waals surface area (Å²) in [7, 11) is 4.12. The van der Waals surface area contributed by atoms with Crippen LogP contribution in [0.4, 0.5) is 0 Å². The molecular weight excluding hydrogens is 228 g/mol. The highest BCUT2D eigenvalue weighted by Crippen LogP contribution is 2.22. The summed E-state index contributed by atoms with van der Waals surface area (Å²) in [5.74, 6) is 0. The van der Waals surface area contributed by atoms with E-state index >= 15 is 0 Å². The van der Waals surface area contributed by atoms with Crippen LogP contribution in [0, 0.1) is 0 Å². The van der Waals surface area contributed by atoms with E-state index in [1.54, 1.807) is 0 Å². The van der Waals surface area contributed by atoms with Gasteiger partial charge in [-0.1, -0.05) is 26.0 Å².